The summed E-state index contributed by atoms with van der Waals surface area (Å²) in [5.41, 5.74) is 1.33. The number of aryl methyl sites for hydroxylation is 1. The molecule has 0 amide bonds. The maximum Gasteiger partial charge on any atom is 0.162 e. The molecule has 0 saturated carbocycles. The van der Waals surface area contributed by atoms with E-state index in [0.29, 0.717) is 10.6 Å². The molecule has 0 aromatic carbocycles. The molecule has 1 rings (SSSR count). The van der Waals surface area contributed by atoms with E-state index in [1.165, 1.54) is 13.1 Å². The largest absolute Gasteiger partial charge is 0.294 e. The van der Waals surface area contributed by atoms with Gasteiger partial charge in [-0.1, -0.05) is 11.6 Å². The minimum absolute atomic E-state index is 0.0498. The molecule has 2 nitrogen and oxygen atoms in total. The van der Waals surface area contributed by atoms with Gasteiger partial charge in [0.25, 0.3) is 0 Å². The number of carbonyl (C=O) groups excluding carboxylic acids is 1. The number of rotatable bonds is 1. The highest BCUT2D eigenvalue weighted by molar-refractivity contribution is 6.34. The number of nitrogens with zero attached hydrogens (tertiary/aromatic N) is 1. The smallest absolute Gasteiger partial charge is 0.162 e. The van der Waals surface area contributed by atoms with Gasteiger partial charge in [0.1, 0.15) is 0 Å². The van der Waals surface area contributed by atoms with Gasteiger partial charge in [0.05, 0.1) is 10.6 Å². The molecule has 0 atom stereocenters. The number of ketones is 1. The minimum atomic E-state index is -0.0498. The van der Waals surface area contributed by atoms with Crippen LogP contribution in [0.5, 0.6) is 0 Å². The standard InChI is InChI=1S/C8H8ClNO/c1-5-3-10-4-7(6(2)11)8(5)9/h3-4H,1-2H3. The quantitative estimate of drug-likeness (QED) is 0.604. The number of carbonyl (C=O) groups is 1. The molecule has 0 N–H and O–H groups in total. The number of Topliss-reactive ketones (excluding diaryl/α,β-unsaturated/α-hetero) is 1. The monoisotopic (exact) mass is 169 g/mol. The predicted molar refractivity (Wildman–Crippen MR) is 44.0 cm³/mol. The Morgan fingerprint density at radius 1 is 1.55 bits per heavy atom. The number of pyridine rings is 1. The Kier molecular flexibility index (Phi) is 2.25. The topological polar surface area (TPSA) is 30.0 Å². The van der Waals surface area contributed by atoms with Crippen molar-refractivity contribution in [1.82, 2.24) is 4.98 Å². The summed E-state index contributed by atoms with van der Waals surface area (Å²) in [4.78, 5) is 14.8. The number of halogens is 1. The zero-order valence-corrected chi connectivity index (χ0v) is 7.14. The average Bonchev–Trinajstić information content (AvgIpc) is 1.94. The summed E-state index contributed by atoms with van der Waals surface area (Å²) >= 11 is 5.83. The fourth-order valence-corrected chi connectivity index (χ4v) is 1.03. The van der Waals surface area contributed by atoms with E-state index in [4.69, 9.17) is 11.6 Å². The van der Waals surface area contributed by atoms with Crippen molar-refractivity contribution in [2.45, 2.75) is 13.8 Å². The molecular weight excluding hydrogens is 162 g/mol. The summed E-state index contributed by atoms with van der Waals surface area (Å²) in [6.45, 7) is 3.30. The SMILES string of the molecule is CC(=O)c1cncc(C)c1Cl. The molecular formula is C8H8ClNO. The van der Waals surface area contributed by atoms with Crippen molar-refractivity contribution in [2.75, 3.05) is 0 Å². The summed E-state index contributed by atoms with van der Waals surface area (Å²) < 4.78 is 0. The molecule has 0 unspecified atom stereocenters. The summed E-state index contributed by atoms with van der Waals surface area (Å²) in [6.07, 6.45) is 3.12. The molecule has 0 aliphatic heterocycles. The van der Waals surface area contributed by atoms with E-state index in [2.05, 4.69) is 4.98 Å². The number of aromatic nitrogens is 1. The number of hydrogen-bond donors (Lipinski definition) is 0. The first kappa shape index (κ1) is 8.21. The highest BCUT2D eigenvalue weighted by atomic mass is 35.5. The highest BCUT2D eigenvalue weighted by Crippen LogP contribution is 2.18. The molecule has 1 heterocycles. The third kappa shape index (κ3) is 1.57. The Labute approximate surface area is 70.2 Å². The van der Waals surface area contributed by atoms with Gasteiger partial charge in [-0.25, -0.2) is 0 Å². The van der Waals surface area contributed by atoms with Crippen LogP contribution in [0.4, 0.5) is 0 Å². The molecule has 0 bridgehead atoms. The Balaban J connectivity index is 3.27. The molecule has 0 saturated heterocycles. The lowest BCUT2D eigenvalue weighted by Crippen LogP contribution is -1.95. The van der Waals surface area contributed by atoms with Crippen LogP contribution >= 0.6 is 11.6 Å². The molecule has 11 heavy (non-hydrogen) atoms. The second-order valence-corrected chi connectivity index (χ2v) is 2.75. The molecule has 0 fully saturated rings. The van der Waals surface area contributed by atoms with Crippen molar-refractivity contribution < 1.29 is 4.79 Å². The normalized spacial score (nSPS) is 9.73. The summed E-state index contributed by atoms with van der Waals surface area (Å²) in [7, 11) is 0. The molecule has 0 radical (unpaired) electrons. The van der Waals surface area contributed by atoms with Gasteiger partial charge in [0, 0.05) is 12.4 Å². The van der Waals surface area contributed by atoms with Gasteiger partial charge < -0.3 is 0 Å². The van der Waals surface area contributed by atoms with E-state index in [-0.39, 0.29) is 5.78 Å². The molecule has 3 heteroatoms. The lowest BCUT2D eigenvalue weighted by molar-refractivity contribution is 0.101. The summed E-state index contributed by atoms with van der Waals surface area (Å²) in [5, 5.41) is 0.507. The van der Waals surface area contributed by atoms with Gasteiger partial charge in [-0.3, -0.25) is 9.78 Å². The van der Waals surface area contributed by atoms with Gasteiger partial charge in [-0.2, -0.15) is 0 Å². The predicted octanol–water partition coefficient (Wildman–Crippen LogP) is 2.25. The fraction of sp³-hybridized carbons (Fsp3) is 0.250. The first-order valence-electron chi connectivity index (χ1n) is 3.24. The Hall–Kier alpha value is -0.890. The lowest BCUT2D eigenvalue weighted by atomic mass is 10.1. The van der Waals surface area contributed by atoms with Crippen LogP contribution in [0.1, 0.15) is 22.8 Å². The van der Waals surface area contributed by atoms with E-state index in [9.17, 15) is 4.79 Å². The molecule has 0 aliphatic rings. The van der Waals surface area contributed by atoms with Gasteiger partial charge in [-0.15, -0.1) is 0 Å². The van der Waals surface area contributed by atoms with Gasteiger partial charge >= 0.3 is 0 Å². The van der Waals surface area contributed by atoms with Crippen LogP contribution in [-0.2, 0) is 0 Å². The number of hydrogen-bond acceptors (Lipinski definition) is 2. The molecule has 0 spiro atoms. The average molecular weight is 170 g/mol. The van der Waals surface area contributed by atoms with Gasteiger partial charge in [0.2, 0.25) is 0 Å². The first-order chi connectivity index (χ1) is 5.13. The van der Waals surface area contributed by atoms with Crippen molar-refractivity contribution >= 4 is 17.4 Å². The van der Waals surface area contributed by atoms with E-state index >= 15 is 0 Å². The fourth-order valence-electron chi connectivity index (χ4n) is 0.795. The van der Waals surface area contributed by atoms with Crippen LogP contribution in [0.25, 0.3) is 0 Å². The minimum Gasteiger partial charge on any atom is -0.294 e. The second-order valence-electron chi connectivity index (χ2n) is 2.37. The van der Waals surface area contributed by atoms with Crippen LogP contribution in [0, 0.1) is 6.92 Å². The Morgan fingerprint density at radius 3 is 2.64 bits per heavy atom. The summed E-state index contributed by atoms with van der Waals surface area (Å²) in [6, 6.07) is 0. The maximum absolute atomic E-state index is 10.9. The van der Waals surface area contributed by atoms with E-state index in [1.54, 1.807) is 6.20 Å². The van der Waals surface area contributed by atoms with Crippen molar-refractivity contribution in [3.05, 3.63) is 28.5 Å². The Morgan fingerprint density at radius 2 is 2.18 bits per heavy atom. The summed E-state index contributed by atoms with van der Waals surface area (Å²) in [5.74, 6) is -0.0498. The Bertz CT molecular complexity index is 296. The lowest BCUT2D eigenvalue weighted by Gasteiger charge is -2.00. The molecule has 0 aliphatic carbocycles. The van der Waals surface area contributed by atoms with E-state index in [0.717, 1.165) is 5.56 Å². The van der Waals surface area contributed by atoms with E-state index in [1.807, 2.05) is 6.92 Å². The zero-order valence-electron chi connectivity index (χ0n) is 6.39. The van der Waals surface area contributed by atoms with E-state index < -0.39 is 0 Å². The van der Waals surface area contributed by atoms with Crippen LogP contribution in [0.15, 0.2) is 12.4 Å². The molecule has 1 aromatic heterocycles. The van der Waals surface area contributed by atoms with Crippen LogP contribution < -0.4 is 0 Å². The van der Waals surface area contributed by atoms with Crippen molar-refractivity contribution in [3.63, 3.8) is 0 Å². The maximum atomic E-state index is 10.9. The van der Waals surface area contributed by atoms with Crippen LogP contribution in [-0.4, -0.2) is 10.8 Å². The van der Waals surface area contributed by atoms with Crippen LogP contribution in [0.3, 0.4) is 0 Å². The first-order valence-corrected chi connectivity index (χ1v) is 3.61. The molecule has 1 aromatic rings. The van der Waals surface area contributed by atoms with Crippen LogP contribution in [0.2, 0.25) is 5.02 Å². The second kappa shape index (κ2) is 3.01. The third-order valence-electron chi connectivity index (χ3n) is 1.43. The van der Waals surface area contributed by atoms with Crippen molar-refractivity contribution in [3.8, 4) is 0 Å². The zero-order chi connectivity index (χ0) is 8.43. The van der Waals surface area contributed by atoms with Crippen molar-refractivity contribution in [2.24, 2.45) is 0 Å². The molecule has 58 valence electrons. The highest BCUT2D eigenvalue weighted by Gasteiger charge is 2.06. The third-order valence-corrected chi connectivity index (χ3v) is 1.94. The van der Waals surface area contributed by atoms with Gasteiger partial charge in [-0.05, 0) is 19.4 Å². The van der Waals surface area contributed by atoms with Crippen molar-refractivity contribution in [1.29, 1.82) is 0 Å². The van der Waals surface area contributed by atoms with Gasteiger partial charge in [0.15, 0.2) is 5.78 Å².